The molecule has 0 aliphatic carbocycles. The second kappa shape index (κ2) is 8.99. The van der Waals surface area contributed by atoms with Gasteiger partial charge in [0.05, 0.1) is 0 Å². The summed E-state index contributed by atoms with van der Waals surface area (Å²) in [4.78, 5) is 19.1. The lowest BCUT2D eigenvalue weighted by molar-refractivity contribution is 0.0150. The van der Waals surface area contributed by atoms with Crippen LogP contribution in [-0.4, -0.2) is 40.2 Å². The number of carbonyl (C=O) groups is 1. The van der Waals surface area contributed by atoms with Crippen LogP contribution in [0.1, 0.15) is 70.5 Å². The van der Waals surface area contributed by atoms with E-state index >= 15 is 0 Å². The molecule has 0 radical (unpaired) electrons. The molecule has 1 aromatic rings. The Morgan fingerprint density at radius 3 is 2.84 bits per heavy atom. The Morgan fingerprint density at radius 2 is 2.20 bits per heavy atom. The summed E-state index contributed by atoms with van der Waals surface area (Å²) in [7, 11) is 0. The van der Waals surface area contributed by atoms with Gasteiger partial charge in [-0.2, -0.15) is 0 Å². The molecule has 1 amide bonds. The summed E-state index contributed by atoms with van der Waals surface area (Å²) in [6.45, 7) is 11.6. The third-order valence-electron chi connectivity index (χ3n) is 4.40. The van der Waals surface area contributed by atoms with Crippen LogP contribution in [0.4, 0.5) is 4.79 Å². The van der Waals surface area contributed by atoms with Crippen molar-refractivity contribution in [2.45, 2.75) is 91.0 Å². The maximum Gasteiger partial charge on any atom is 0.410 e. The predicted octanol–water partition coefficient (Wildman–Crippen LogP) is 4.50. The average molecular weight is 368 g/mol. The Balaban J connectivity index is 1.91. The quantitative estimate of drug-likeness (QED) is 0.832. The molecule has 1 aliphatic rings. The van der Waals surface area contributed by atoms with E-state index in [0.717, 1.165) is 43.1 Å². The van der Waals surface area contributed by atoms with Gasteiger partial charge in [0.2, 0.25) is 0 Å². The minimum Gasteiger partial charge on any atom is -0.444 e. The third-order valence-corrected chi connectivity index (χ3v) is 5.37. The molecule has 0 aromatic carbocycles. The molecule has 2 atom stereocenters. The maximum absolute atomic E-state index is 12.6. The molecule has 0 saturated carbocycles. The number of aromatic nitrogens is 1. The first kappa shape index (κ1) is 20.2. The number of nitrogens with zero attached hydrogens (tertiary/aromatic N) is 2. The number of amides is 1. The van der Waals surface area contributed by atoms with Crippen LogP contribution in [0.5, 0.6) is 0 Å². The molecule has 2 unspecified atom stereocenters. The van der Waals surface area contributed by atoms with Gasteiger partial charge in [-0.3, -0.25) is 0 Å². The Morgan fingerprint density at radius 1 is 1.44 bits per heavy atom. The van der Waals surface area contributed by atoms with Crippen LogP contribution >= 0.6 is 11.3 Å². The van der Waals surface area contributed by atoms with Gasteiger partial charge in [-0.25, -0.2) is 9.78 Å². The molecule has 142 valence electrons. The lowest BCUT2D eigenvalue weighted by atomic mass is 10.0. The summed E-state index contributed by atoms with van der Waals surface area (Å²) in [6, 6.07) is 0.579. The molecule has 5 nitrogen and oxygen atoms in total. The monoisotopic (exact) mass is 367 g/mol. The maximum atomic E-state index is 12.6. The lowest BCUT2D eigenvalue weighted by Crippen LogP contribution is -2.45. The summed E-state index contributed by atoms with van der Waals surface area (Å²) >= 11 is 1.69. The molecule has 0 spiro atoms. The molecular weight excluding hydrogens is 334 g/mol. The van der Waals surface area contributed by atoms with Crippen LogP contribution in [-0.2, 0) is 11.3 Å². The molecule has 1 saturated heterocycles. The fraction of sp³-hybridized carbons (Fsp3) is 0.789. The molecule has 1 aliphatic heterocycles. The van der Waals surface area contributed by atoms with Crippen molar-refractivity contribution in [2.75, 3.05) is 6.54 Å². The molecule has 1 N–H and O–H groups in total. The van der Waals surface area contributed by atoms with Crippen molar-refractivity contribution in [1.29, 1.82) is 0 Å². The van der Waals surface area contributed by atoms with Gasteiger partial charge >= 0.3 is 6.09 Å². The molecule has 0 bridgehead atoms. The first-order chi connectivity index (χ1) is 11.7. The highest BCUT2D eigenvalue weighted by Crippen LogP contribution is 2.23. The first-order valence-corrected chi connectivity index (χ1v) is 10.3. The number of carbonyl (C=O) groups excluding carboxylic acids is 1. The molecule has 1 aromatic heterocycles. The number of aryl methyl sites for hydroxylation is 1. The van der Waals surface area contributed by atoms with E-state index in [1.165, 1.54) is 12.8 Å². The molecule has 2 rings (SSSR count). The molecular formula is C19H33N3O2S. The van der Waals surface area contributed by atoms with E-state index in [2.05, 4.69) is 22.6 Å². The largest absolute Gasteiger partial charge is 0.444 e. The normalized spacial score (nSPS) is 20.2. The van der Waals surface area contributed by atoms with Crippen molar-refractivity contribution >= 4 is 17.4 Å². The average Bonchev–Trinajstić information content (AvgIpc) is 2.77. The van der Waals surface area contributed by atoms with Crippen LogP contribution in [0.2, 0.25) is 0 Å². The Hall–Kier alpha value is -1.14. The van der Waals surface area contributed by atoms with E-state index in [9.17, 15) is 4.79 Å². The summed E-state index contributed by atoms with van der Waals surface area (Å²) < 4.78 is 5.63. The summed E-state index contributed by atoms with van der Waals surface area (Å²) in [5.74, 6) is 0. The highest BCUT2D eigenvalue weighted by atomic mass is 32.1. The second-order valence-electron chi connectivity index (χ2n) is 8.08. The number of likely N-dealkylation sites (tertiary alicyclic amines) is 1. The Labute approximate surface area is 156 Å². The number of nitrogens with one attached hydrogen (secondary N) is 1. The predicted molar refractivity (Wildman–Crippen MR) is 103 cm³/mol. The Kier molecular flexibility index (Phi) is 7.25. The molecule has 2 heterocycles. The molecule has 6 heteroatoms. The highest BCUT2D eigenvalue weighted by Gasteiger charge is 2.30. The minimum absolute atomic E-state index is 0.165. The zero-order chi connectivity index (χ0) is 18.4. The van der Waals surface area contributed by atoms with Crippen LogP contribution in [0.25, 0.3) is 0 Å². The number of ether oxygens (including phenoxy) is 1. The highest BCUT2D eigenvalue weighted by molar-refractivity contribution is 7.09. The number of rotatable bonds is 5. The molecule has 1 fully saturated rings. The van der Waals surface area contributed by atoms with E-state index in [1.54, 1.807) is 11.3 Å². The lowest BCUT2D eigenvalue weighted by Gasteiger charge is -2.33. The summed E-state index contributed by atoms with van der Waals surface area (Å²) in [6.07, 6.45) is 5.28. The SMILES string of the molecule is Cc1csc(CNC(C)CC2CCCCCN2C(=O)OC(C)(C)C)n1. The number of thiazole rings is 1. The van der Waals surface area contributed by atoms with Crippen molar-refractivity contribution in [3.63, 3.8) is 0 Å². The molecule has 25 heavy (non-hydrogen) atoms. The van der Waals surface area contributed by atoms with Crippen molar-refractivity contribution in [3.8, 4) is 0 Å². The van der Waals surface area contributed by atoms with Gasteiger partial charge in [0.25, 0.3) is 0 Å². The minimum atomic E-state index is -0.444. The van der Waals surface area contributed by atoms with E-state index in [4.69, 9.17) is 4.74 Å². The van der Waals surface area contributed by atoms with E-state index < -0.39 is 5.60 Å². The zero-order valence-electron chi connectivity index (χ0n) is 16.3. The van der Waals surface area contributed by atoms with Crippen molar-refractivity contribution in [1.82, 2.24) is 15.2 Å². The topological polar surface area (TPSA) is 54.5 Å². The van der Waals surface area contributed by atoms with Crippen LogP contribution < -0.4 is 5.32 Å². The van der Waals surface area contributed by atoms with Gasteiger partial charge in [-0.15, -0.1) is 11.3 Å². The third kappa shape index (κ3) is 6.94. The van der Waals surface area contributed by atoms with Gasteiger partial charge in [-0.1, -0.05) is 12.8 Å². The van der Waals surface area contributed by atoms with Gasteiger partial charge < -0.3 is 15.0 Å². The van der Waals surface area contributed by atoms with Gasteiger partial charge in [0.15, 0.2) is 0 Å². The van der Waals surface area contributed by atoms with E-state index in [-0.39, 0.29) is 12.1 Å². The fourth-order valence-electron chi connectivity index (χ4n) is 3.22. The first-order valence-electron chi connectivity index (χ1n) is 9.38. The number of hydrogen-bond acceptors (Lipinski definition) is 5. The number of hydrogen-bond donors (Lipinski definition) is 1. The van der Waals surface area contributed by atoms with E-state index in [0.29, 0.717) is 6.04 Å². The fourth-order valence-corrected chi connectivity index (χ4v) is 3.94. The van der Waals surface area contributed by atoms with Gasteiger partial charge in [0, 0.05) is 36.2 Å². The smallest absolute Gasteiger partial charge is 0.410 e. The van der Waals surface area contributed by atoms with Crippen LogP contribution in [0.15, 0.2) is 5.38 Å². The van der Waals surface area contributed by atoms with Gasteiger partial charge in [0.1, 0.15) is 10.6 Å². The van der Waals surface area contributed by atoms with Gasteiger partial charge in [-0.05, 0) is 53.9 Å². The van der Waals surface area contributed by atoms with Crippen molar-refractivity contribution in [3.05, 3.63) is 16.1 Å². The summed E-state index contributed by atoms with van der Waals surface area (Å²) in [5, 5.41) is 6.76. The zero-order valence-corrected chi connectivity index (χ0v) is 17.1. The Bertz CT molecular complexity index is 553. The standard InChI is InChI=1S/C19H33N3O2S/c1-14(20-12-17-21-15(2)13-25-17)11-16-9-7-6-8-10-22(16)18(23)24-19(3,4)5/h13-14,16,20H,6-12H2,1-5H3. The van der Waals surface area contributed by atoms with E-state index in [1.807, 2.05) is 32.6 Å². The second-order valence-corrected chi connectivity index (χ2v) is 9.02. The van der Waals surface area contributed by atoms with Crippen LogP contribution in [0, 0.1) is 6.92 Å². The van der Waals surface area contributed by atoms with Crippen LogP contribution in [0.3, 0.4) is 0 Å². The summed E-state index contributed by atoms with van der Waals surface area (Å²) in [5.41, 5.74) is 0.634. The van der Waals surface area contributed by atoms with Crippen molar-refractivity contribution in [2.24, 2.45) is 0 Å². The van der Waals surface area contributed by atoms with Crippen molar-refractivity contribution < 1.29 is 9.53 Å².